The van der Waals surface area contributed by atoms with E-state index in [0.717, 1.165) is 0 Å². The van der Waals surface area contributed by atoms with Crippen LogP contribution < -0.4 is 9.64 Å². The number of hydrogen-bond donors (Lipinski definition) is 0. The molecular weight excluding hydrogens is 404 g/mol. The maximum absolute atomic E-state index is 13.3. The lowest BCUT2D eigenvalue weighted by molar-refractivity contribution is -0.135. The van der Waals surface area contributed by atoms with Gasteiger partial charge in [-0.2, -0.15) is 0 Å². The molecule has 29 heavy (non-hydrogen) atoms. The summed E-state index contributed by atoms with van der Waals surface area (Å²) in [5.41, 5.74) is 2.56. The molecule has 2 aromatic rings. The van der Waals surface area contributed by atoms with E-state index >= 15 is 0 Å². The summed E-state index contributed by atoms with van der Waals surface area (Å²) in [5.74, 6) is 2.65. The highest BCUT2D eigenvalue weighted by atomic mass is 32.2. The van der Waals surface area contributed by atoms with Crippen molar-refractivity contribution < 1.29 is 14.3 Å². The monoisotopic (exact) mass is 428 g/mol. The summed E-state index contributed by atoms with van der Waals surface area (Å²) in [6.07, 6.45) is 0.546. The largest absolute Gasteiger partial charge is 0.476 e. The number of carbonyl (C=O) groups is 2. The smallest absolute Gasteiger partial charge is 0.265 e. The Morgan fingerprint density at radius 3 is 2.41 bits per heavy atom. The third-order valence-electron chi connectivity index (χ3n) is 4.99. The van der Waals surface area contributed by atoms with Crippen LogP contribution in [0.15, 0.2) is 48.5 Å². The predicted molar refractivity (Wildman–Crippen MR) is 120 cm³/mol. The average molecular weight is 429 g/mol. The molecule has 2 heterocycles. The molecule has 4 rings (SSSR count). The second-order valence-corrected chi connectivity index (χ2v) is 10.00. The lowest BCUT2D eigenvalue weighted by atomic mass is 10.1. The topological polar surface area (TPSA) is 49.9 Å². The van der Waals surface area contributed by atoms with Crippen molar-refractivity contribution >= 4 is 41.0 Å². The van der Waals surface area contributed by atoms with Gasteiger partial charge in [0.25, 0.3) is 11.8 Å². The quantitative estimate of drug-likeness (QED) is 0.738. The van der Waals surface area contributed by atoms with Crippen LogP contribution in [0.1, 0.15) is 26.9 Å². The molecule has 2 aliphatic rings. The number of benzene rings is 2. The first kappa shape index (κ1) is 20.2. The van der Waals surface area contributed by atoms with E-state index in [1.165, 1.54) is 28.4 Å². The normalized spacial score (nSPS) is 19.2. The van der Waals surface area contributed by atoms with Gasteiger partial charge in [0, 0.05) is 19.7 Å². The third kappa shape index (κ3) is 4.26. The molecule has 152 valence electrons. The SMILES string of the molecule is CN(C)C(=O)C1CN(C(=O)c2ccc(C3SCCCS3)cc2)c2ccccc2O1. The van der Waals surface area contributed by atoms with E-state index in [-0.39, 0.29) is 18.4 Å². The molecule has 0 bridgehead atoms. The van der Waals surface area contributed by atoms with Crippen LogP contribution in [0.3, 0.4) is 0 Å². The summed E-state index contributed by atoms with van der Waals surface area (Å²) in [4.78, 5) is 29.0. The molecule has 0 radical (unpaired) electrons. The van der Waals surface area contributed by atoms with E-state index in [4.69, 9.17) is 4.74 Å². The first-order chi connectivity index (χ1) is 14.0. The Labute approximate surface area is 179 Å². The summed E-state index contributed by atoms with van der Waals surface area (Å²) in [7, 11) is 3.39. The summed E-state index contributed by atoms with van der Waals surface area (Å²) in [6.45, 7) is 0.197. The van der Waals surface area contributed by atoms with Crippen molar-refractivity contribution in [3.63, 3.8) is 0 Å². The number of likely N-dealkylation sites (N-methyl/N-ethyl adjacent to an activating group) is 1. The Hall–Kier alpha value is -2.12. The van der Waals surface area contributed by atoms with Crippen LogP contribution in [-0.4, -0.2) is 55.0 Å². The second-order valence-electron chi connectivity index (χ2n) is 7.27. The van der Waals surface area contributed by atoms with Gasteiger partial charge in [0.1, 0.15) is 5.75 Å². The molecule has 7 heteroatoms. The molecule has 1 unspecified atom stereocenters. The molecule has 0 spiro atoms. The van der Waals surface area contributed by atoms with Crippen LogP contribution in [0.25, 0.3) is 0 Å². The van der Waals surface area contributed by atoms with Crippen LogP contribution >= 0.6 is 23.5 Å². The summed E-state index contributed by atoms with van der Waals surface area (Å²) < 4.78 is 6.32. The molecule has 0 N–H and O–H groups in total. The van der Waals surface area contributed by atoms with Crippen molar-refractivity contribution in [3.8, 4) is 5.75 Å². The van der Waals surface area contributed by atoms with Crippen molar-refractivity contribution in [3.05, 3.63) is 59.7 Å². The van der Waals surface area contributed by atoms with Crippen molar-refractivity contribution in [2.45, 2.75) is 17.1 Å². The highest BCUT2D eigenvalue weighted by molar-refractivity contribution is 8.16. The summed E-state index contributed by atoms with van der Waals surface area (Å²) >= 11 is 3.93. The van der Waals surface area contributed by atoms with Crippen molar-refractivity contribution in [1.82, 2.24) is 4.90 Å². The molecule has 0 aliphatic carbocycles. The number of hydrogen-bond acceptors (Lipinski definition) is 5. The van der Waals surface area contributed by atoms with Gasteiger partial charge in [0.2, 0.25) is 0 Å². The molecule has 1 atom stereocenters. The van der Waals surface area contributed by atoms with E-state index in [9.17, 15) is 9.59 Å². The molecule has 1 fully saturated rings. The third-order valence-corrected chi connectivity index (χ3v) is 8.01. The number of rotatable bonds is 3. The number of nitrogens with zero attached hydrogens (tertiary/aromatic N) is 2. The maximum Gasteiger partial charge on any atom is 0.265 e. The minimum absolute atomic E-state index is 0.118. The van der Waals surface area contributed by atoms with Crippen LogP contribution in [0.4, 0.5) is 5.69 Å². The van der Waals surface area contributed by atoms with Gasteiger partial charge in [-0.25, -0.2) is 0 Å². The first-order valence-corrected chi connectivity index (χ1v) is 11.8. The Bertz CT molecular complexity index is 895. The lowest BCUT2D eigenvalue weighted by Gasteiger charge is -2.35. The molecule has 5 nitrogen and oxygen atoms in total. The number of thioether (sulfide) groups is 2. The first-order valence-electron chi connectivity index (χ1n) is 9.66. The zero-order valence-corrected chi connectivity index (χ0v) is 18.2. The number of para-hydroxylation sites is 2. The molecule has 0 aromatic heterocycles. The number of ether oxygens (including phenoxy) is 1. The molecule has 2 aromatic carbocycles. The van der Waals surface area contributed by atoms with E-state index in [2.05, 4.69) is 12.1 Å². The minimum atomic E-state index is -0.710. The van der Waals surface area contributed by atoms with Crippen molar-refractivity contribution in [2.75, 3.05) is 37.0 Å². The number of carbonyl (C=O) groups excluding carboxylic acids is 2. The van der Waals surface area contributed by atoms with Gasteiger partial charge in [-0.15, -0.1) is 23.5 Å². The van der Waals surface area contributed by atoms with E-state index in [1.807, 2.05) is 53.9 Å². The number of anilines is 1. The van der Waals surface area contributed by atoms with Crippen molar-refractivity contribution in [1.29, 1.82) is 0 Å². The van der Waals surface area contributed by atoms with Gasteiger partial charge in [0.05, 0.1) is 16.8 Å². The Kier molecular flexibility index (Phi) is 6.06. The zero-order valence-electron chi connectivity index (χ0n) is 16.5. The Balaban J connectivity index is 1.58. The fraction of sp³-hybridized carbons (Fsp3) is 0.364. The summed E-state index contributed by atoms with van der Waals surface area (Å²) in [5, 5.41) is 0. The minimum Gasteiger partial charge on any atom is -0.476 e. The number of amides is 2. The van der Waals surface area contributed by atoms with Gasteiger partial charge < -0.3 is 14.5 Å². The van der Waals surface area contributed by atoms with E-state index < -0.39 is 6.10 Å². The standard InChI is InChI=1S/C22H24N2O3S2/c1-23(2)21(26)19-14-24(17-6-3-4-7-18(17)27-19)20(25)15-8-10-16(11-9-15)22-28-12-5-13-29-22/h3-4,6-11,19,22H,5,12-14H2,1-2H3. The van der Waals surface area contributed by atoms with Crippen LogP contribution in [-0.2, 0) is 4.79 Å². The lowest BCUT2D eigenvalue weighted by Crippen LogP contribution is -2.50. The van der Waals surface area contributed by atoms with Gasteiger partial charge in [-0.3, -0.25) is 9.59 Å². The van der Waals surface area contributed by atoms with Gasteiger partial charge in [-0.1, -0.05) is 24.3 Å². The molecule has 1 saturated heterocycles. The van der Waals surface area contributed by atoms with Crippen molar-refractivity contribution in [2.24, 2.45) is 0 Å². The van der Waals surface area contributed by atoms with Gasteiger partial charge >= 0.3 is 0 Å². The molecule has 2 aliphatic heterocycles. The highest BCUT2D eigenvalue weighted by Gasteiger charge is 2.35. The Morgan fingerprint density at radius 2 is 1.72 bits per heavy atom. The fourth-order valence-corrected chi connectivity index (χ4v) is 6.36. The highest BCUT2D eigenvalue weighted by Crippen LogP contribution is 2.43. The fourth-order valence-electron chi connectivity index (χ4n) is 3.46. The Morgan fingerprint density at radius 1 is 1.03 bits per heavy atom. The van der Waals surface area contributed by atoms with Crippen LogP contribution in [0.5, 0.6) is 5.75 Å². The zero-order chi connectivity index (χ0) is 20.4. The van der Waals surface area contributed by atoms with Crippen LogP contribution in [0, 0.1) is 0 Å². The molecule has 2 amide bonds. The van der Waals surface area contributed by atoms with E-state index in [1.54, 1.807) is 25.1 Å². The number of fused-ring (bicyclic) bond motifs is 1. The average Bonchev–Trinajstić information content (AvgIpc) is 2.78. The summed E-state index contributed by atoms with van der Waals surface area (Å²) in [6, 6.07) is 15.3. The maximum atomic E-state index is 13.3. The van der Waals surface area contributed by atoms with Gasteiger partial charge in [0.15, 0.2) is 6.10 Å². The van der Waals surface area contributed by atoms with Gasteiger partial charge in [-0.05, 0) is 47.8 Å². The predicted octanol–water partition coefficient (Wildman–Crippen LogP) is 4.05. The van der Waals surface area contributed by atoms with E-state index in [0.29, 0.717) is 21.6 Å². The second kappa shape index (κ2) is 8.71. The molecular formula is C22H24N2O3S2. The van der Waals surface area contributed by atoms with Crippen LogP contribution in [0.2, 0.25) is 0 Å². The molecule has 0 saturated carbocycles.